The number of thiophene rings is 1. The molecule has 1 aromatic carbocycles. The highest BCUT2D eigenvalue weighted by Crippen LogP contribution is 2.33. The van der Waals surface area contributed by atoms with Crippen molar-refractivity contribution < 1.29 is 12.8 Å². The molecule has 2 aliphatic heterocycles. The van der Waals surface area contributed by atoms with E-state index in [-0.39, 0.29) is 0 Å². The van der Waals surface area contributed by atoms with Gasteiger partial charge in [0.05, 0.1) is 22.0 Å². The second-order valence-corrected chi connectivity index (χ2v) is 10.4. The van der Waals surface area contributed by atoms with Crippen molar-refractivity contribution in [2.75, 3.05) is 24.5 Å². The van der Waals surface area contributed by atoms with Gasteiger partial charge in [-0.2, -0.15) is 4.31 Å². The molecule has 6 nitrogen and oxygen atoms in total. The first-order valence-electron chi connectivity index (χ1n) is 9.97. The van der Waals surface area contributed by atoms with E-state index in [0.717, 1.165) is 54.0 Å². The third-order valence-electron chi connectivity index (χ3n) is 5.63. The fraction of sp³-hybridized carbons (Fsp3) is 0.381. The highest BCUT2D eigenvalue weighted by Gasteiger charge is 2.28. The van der Waals surface area contributed by atoms with Crippen molar-refractivity contribution >= 4 is 27.0 Å². The second-order valence-electron chi connectivity index (χ2n) is 7.55. The summed E-state index contributed by atoms with van der Waals surface area (Å²) in [6, 6.07) is 9.53. The van der Waals surface area contributed by atoms with Crippen LogP contribution in [-0.4, -0.2) is 37.3 Å². The van der Waals surface area contributed by atoms with E-state index in [0.29, 0.717) is 30.4 Å². The van der Waals surface area contributed by atoms with Gasteiger partial charge in [-0.3, -0.25) is 0 Å². The monoisotopic (exact) mass is 429 g/mol. The van der Waals surface area contributed by atoms with Gasteiger partial charge in [0.25, 0.3) is 0 Å². The van der Waals surface area contributed by atoms with Gasteiger partial charge in [-0.25, -0.2) is 13.4 Å². The lowest BCUT2D eigenvalue weighted by molar-refractivity contribution is 0.346. The minimum absolute atomic E-state index is 0.418. The van der Waals surface area contributed by atoms with Crippen LogP contribution in [0.25, 0.3) is 10.8 Å². The maximum Gasteiger partial charge on any atom is 0.243 e. The topological polar surface area (TPSA) is 66.7 Å². The molecular formula is C21H23N3O3S2. The van der Waals surface area contributed by atoms with E-state index in [1.165, 1.54) is 0 Å². The van der Waals surface area contributed by atoms with E-state index in [1.807, 2.05) is 29.6 Å². The lowest BCUT2D eigenvalue weighted by atomic mass is 10.2. The molecule has 2 aliphatic rings. The summed E-state index contributed by atoms with van der Waals surface area (Å²) in [6.07, 6.45) is 5.56. The normalized spacial score (nSPS) is 17.6. The third kappa shape index (κ3) is 3.60. The first kappa shape index (κ1) is 18.8. The fourth-order valence-corrected chi connectivity index (χ4v) is 6.34. The maximum absolute atomic E-state index is 13.0. The molecule has 29 heavy (non-hydrogen) atoms. The summed E-state index contributed by atoms with van der Waals surface area (Å²) in [5.74, 6) is 0.650. The maximum atomic E-state index is 13.0. The van der Waals surface area contributed by atoms with Crippen LogP contribution in [-0.2, 0) is 23.0 Å². The molecule has 0 N–H and O–H groups in total. The van der Waals surface area contributed by atoms with Gasteiger partial charge in [0.15, 0.2) is 0 Å². The van der Waals surface area contributed by atoms with Crippen molar-refractivity contribution in [2.45, 2.75) is 37.1 Å². The summed E-state index contributed by atoms with van der Waals surface area (Å²) < 4.78 is 33.2. The van der Waals surface area contributed by atoms with E-state index < -0.39 is 10.0 Å². The first-order chi connectivity index (χ1) is 14.1. The molecule has 8 heteroatoms. The molecular weight excluding hydrogens is 406 g/mol. The van der Waals surface area contributed by atoms with Gasteiger partial charge < -0.3 is 9.32 Å². The number of oxazole rings is 1. The molecule has 0 saturated carbocycles. The van der Waals surface area contributed by atoms with Gasteiger partial charge in [-0.1, -0.05) is 12.5 Å². The number of nitrogens with zero attached hydrogens (tertiary/aromatic N) is 3. The predicted octanol–water partition coefficient (Wildman–Crippen LogP) is 4.14. The number of hydrogen-bond acceptors (Lipinski definition) is 6. The largest absolute Gasteiger partial charge is 0.443 e. The minimum Gasteiger partial charge on any atom is -0.443 e. The Morgan fingerprint density at radius 2 is 1.97 bits per heavy atom. The molecule has 5 rings (SSSR count). The van der Waals surface area contributed by atoms with Gasteiger partial charge in [-0.05, 0) is 54.5 Å². The molecule has 152 valence electrons. The Hall–Kier alpha value is -2.16. The number of anilines is 1. The average Bonchev–Trinajstić information content (AvgIpc) is 3.50. The van der Waals surface area contributed by atoms with Gasteiger partial charge in [0.1, 0.15) is 6.26 Å². The predicted molar refractivity (Wildman–Crippen MR) is 114 cm³/mol. The molecule has 4 heterocycles. The van der Waals surface area contributed by atoms with E-state index in [1.54, 1.807) is 28.0 Å². The number of aromatic nitrogens is 1. The van der Waals surface area contributed by atoms with Gasteiger partial charge >= 0.3 is 0 Å². The Balaban J connectivity index is 1.34. The summed E-state index contributed by atoms with van der Waals surface area (Å²) in [5, 5.41) is 2.01. The summed E-state index contributed by atoms with van der Waals surface area (Å²) in [6.45, 7) is 2.76. The zero-order valence-electron chi connectivity index (χ0n) is 16.1. The van der Waals surface area contributed by atoms with Crippen LogP contribution in [0.15, 0.2) is 51.3 Å². The second kappa shape index (κ2) is 7.59. The number of benzene rings is 1. The summed E-state index contributed by atoms with van der Waals surface area (Å²) in [7, 11) is -3.39. The average molecular weight is 430 g/mol. The lowest BCUT2D eigenvalue weighted by Gasteiger charge is -2.26. The van der Waals surface area contributed by atoms with Crippen LogP contribution in [0.4, 0.5) is 5.69 Å². The van der Waals surface area contributed by atoms with Crippen molar-refractivity contribution in [3.63, 3.8) is 0 Å². The molecule has 0 radical (unpaired) electrons. The van der Waals surface area contributed by atoms with Crippen molar-refractivity contribution in [1.82, 2.24) is 9.29 Å². The molecule has 0 aliphatic carbocycles. The van der Waals surface area contributed by atoms with Crippen LogP contribution in [0.2, 0.25) is 0 Å². The molecule has 1 fully saturated rings. The van der Waals surface area contributed by atoms with E-state index in [2.05, 4.69) is 9.88 Å². The number of fused-ring (bicyclic) bond motifs is 1. The zero-order chi connectivity index (χ0) is 19.8. The Morgan fingerprint density at radius 1 is 1.10 bits per heavy atom. The smallest absolute Gasteiger partial charge is 0.243 e. The Labute approximate surface area is 174 Å². The van der Waals surface area contributed by atoms with Crippen molar-refractivity contribution in [2.24, 2.45) is 0 Å². The third-order valence-corrected chi connectivity index (χ3v) is 8.38. The molecule has 0 unspecified atom stereocenters. The van der Waals surface area contributed by atoms with Crippen LogP contribution in [0.5, 0.6) is 0 Å². The molecule has 1 saturated heterocycles. The molecule has 0 bridgehead atoms. The van der Waals surface area contributed by atoms with E-state index in [9.17, 15) is 8.42 Å². The number of piperidine rings is 1. The standard InChI is InChI=1S/C21H23N3O3S2/c25-29(26,24-9-2-1-3-10-24)18-6-7-19-16(13-18)8-11-23(19)14-17-15-27-21(22-17)20-5-4-12-28-20/h4-7,12-13,15H,1-3,8-11,14H2. The van der Waals surface area contributed by atoms with Crippen LogP contribution < -0.4 is 4.90 Å². The Morgan fingerprint density at radius 3 is 2.76 bits per heavy atom. The molecule has 0 amide bonds. The number of sulfonamides is 1. The van der Waals surface area contributed by atoms with Gasteiger partial charge in [-0.15, -0.1) is 11.3 Å². The number of rotatable bonds is 5. The van der Waals surface area contributed by atoms with Crippen LogP contribution in [0.1, 0.15) is 30.5 Å². The van der Waals surface area contributed by atoms with Gasteiger partial charge in [0.2, 0.25) is 15.9 Å². The summed E-state index contributed by atoms with van der Waals surface area (Å²) in [5.41, 5.74) is 3.06. The van der Waals surface area contributed by atoms with Crippen LogP contribution >= 0.6 is 11.3 Å². The highest BCUT2D eigenvalue weighted by molar-refractivity contribution is 7.89. The van der Waals surface area contributed by atoms with Gasteiger partial charge in [0, 0.05) is 25.3 Å². The number of hydrogen-bond donors (Lipinski definition) is 0. The molecule has 0 atom stereocenters. The summed E-state index contributed by atoms with van der Waals surface area (Å²) in [4.78, 5) is 8.28. The highest BCUT2D eigenvalue weighted by atomic mass is 32.2. The quantitative estimate of drug-likeness (QED) is 0.610. The zero-order valence-corrected chi connectivity index (χ0v) is 17.7. The van der Waals surface area contributed by atoms with E-state index in [4.69, 9.17) is 4.42 Å². The molecule has 0 spiro atoms. The fourth-order valence-electron chi connectivity index (χ4n) is 4.11. The van der Waals surface area contributed by atoms with Crippen LogP contribution in [0, 0.1) is 0 Å². The molecule has 2 aromatic heterocycles. The Bertz CT molecular complexity index is 1100. The first-order valence-corrected chi connectivity index (χ1v) is 12.3. The van der Waals surface area contributed by atoms with Crippen LogP contribution in [0.3, 0.4) is 0 Å². The minimum atomic E-state index is -3.39. The SMILES string of the molecule is O=S(=O)(c1ccc2c(c1)CCN2Cc1coc(-c2cccs2)n1)N1CCCCC1. The molecule has 3 aromatic rings. The summed E-state index contributed by atoms with van der Waals surface area (Å²) >= 11 is 1.61. The van der Waals surface area contributed by atoms with Crippen molar-refractivity contribution in [3.8, 4) is 10.8 Å². The van der Waals surface area contributed by atoms with E-state index >= 15 is 0 Å². The van der Waals surface area contributed by atoms with Crippen molar-refractivity contribution in [1.29, 1.82) is 0 Å². The van der Waals surface area contributed by atoms with Crippen molar-refractivity contribution in [3.05, 3.63) is 53.2 Å². The Kier molecular flexibility index (Phi) is 4.93. The lowest BCUT2D eigenvalue weighted by Crippen LogP contribution is -2.35.